The van der Waals surface area contributed by atoms with Crippen LogP contribution in [0.4, 0.5) is 4.39 Å². The Morgan fingerprint density at radius 1 is 1.11 bits per heavy atom. The second-order valence-corrected chi connectivity index (χ2v) is 5.06. The van der Waals surface area contributed by atoms with Gasteiger partial charge in [0.1, 0.15) is 5.82 Å². The summed E-state index contributed by atoms with van der Waals surface area (Å²) in [5, 5.41) is 3.34. The van der Waals surface area contributed by atoms with Crippen molar-refractivity contribution in [3.8, 4) is 0 Å². The topological polar surface area (TPSA) is 15.3 Å². The number of hydrogen-bond donors (Lipinski definition) is 1. The molecule has 1 aromatic rings. The lowest BCUT2D eigenvalue weighted by Crippen LogP contribution is -2.44. The van der Waals surface area contributed by atoms with Crippen molar-refractivity contribution in [1.29, 1.82) is 0 Å². The van der Waals surface area contributed by atoms with Gasteiger partial charge < -0.3 is 5.32 Å². The van der Waals surface area contributed by atoms with Crippen LogP contribution in [-0.4, -0.2) is 43.4 Å². The Labute approximate surface area is 125 Å². The molecular formula is C12H19Cl2FN2S. The summed E-state index contributed by atoms with van der Waals surface area (Å²) in [6.07, 6.45) is 0. The molecule has 0 bridgehead atoms. The fourth-order valence-corrected chi connectivity index (χ4v) is 2.67. The average Bonchev–Trinajstić information content (AvgIpc) is 2.33. The lowest BCUT2D eigenvalue weighted by Gasteiger charge is -2.26. The fourth-order valence-electron chi connectivity index (χ4n) is 1.76. The van der Waals surface area contributed by atoms with E-state index in [0.29, 0.717) is 0 Å². The molecule has 2 rings (SSSR count). The first-order valence-corrected chi connectivity index (χ1v) is 6.64. The molecule has 6 heteroatoms. The van der Waals surface area contributed by atoms with Crippen molar-refractivity contribution in [2.75, 3.05) is 38.5 Å². The van der Waals surface area contributed by atoms with Gasteiger partial charge in [0.15, 0.2) is 0 Å². The van der Waals surface area contributed by atoms with Gasteiger partial charge in [0.05, 0.1) is 0 Å². The molecule has 0 aromatic heterocycles. The van der Waals surface area contributed by atoms with Crippen LogP contribution in [0.5, 0.6) is 0 Å². The van der Waals surface area contributed by atoms with Crippen LogP contribution in [0.1, 0.15) is 0 Å². The summed E-state index contributed by atoms with van der Waals surface area (Å²) in [4.78, 5) is 3.61. The van der Waals surface area contributed by atoms with Crippen LogP contribution < -0.4 is 5.32 Å². The van der Waals surface area contributed by atoms with Crippen LogP contribution in [0.2, 0.25) is 0 Å². The lowest BCUT2D eigenvalue weighted by atomic mass is 10.3. The van der Waals surface area contributed by atoms with Gasteiger partial charge in [-0.3, -0.25) is 4.90 Å². The predicted octanol–water partition coefficient (Wildman–Crippen LogP) is 2.67. The molecule has 2 nitrogen and oxygen atoms in total. The molecule has 0 amide bonds. The molecule has 104 valence electrons. The summed E-state index contributed by atoms with van der Waals surface area (Å²) < 4.78 is 12.7. The summed E-state index contributed by atoms with van der Waals surface area (Å²) in [5.74, 6) is 0.914. The molecule has 1 fully saturated rings. The van der Waals surface area contributed by atoms with Crippen LogP contribution in [0.15, 0.2) is 29.2 Å². The molecule has 0 aliphatic carbocycles. The molecule has 0 unspecified atom stereocenters. The SMILES string of the molecule is Cl.Cl.Fc1ccc(SCCN2CCNCC2)cc1. The summed E-state index contributed by atoms with van der Waals surface area (Å²) in [5.41, 5.74) is 0. The standard InChI is InChI=1S/C12H17FN2S.2ClH/c13-11-1-3-12(4-2-11)16-10-9-15-7-5-14-6-8-15;;/h1-4,14H,5-10H2;2*1H. The minimum absolute atomic E-state index is 0. The van der Waals surface area contributed by atoms with Crippen molar-refractivity contribution in [3.05, 3.63) is 30.1 Å². The van der Waals surface area contributed by atoms with Crippen molar-refractivity contribution < 1.29 is 4.39 Å². The Hall–Kier alpha value is 0. The number of hydrogen-bond acceptors (Lipinski definition) is 3. The molecule has 1 aliphatic rings. The maximum absolute atomic E-state index is 12.7. The molecule has 0 saturated carbocycles. The third kappa shape index (κ3) is 6.25. The highest BCUT2D eigenvalue weighted by Crippen LogP contribution is 2.17. The van der Waals surface area contributed by atoms with E-state index in [1.807, 2.05) is 12.1 Å². The smallest absolute Gasteiger partial charge is 0.123 e. The minimum atomic E-state index is -0.161. The third-order valence-corrected chi connectivity index (χ3v) is 3.69. The maximum atomic E-state index is 12.7. The molecule has 1 heterocycles. The van der Waals surface area contributed by atoms with E-state index >= 15 is 0 Å². The summed E-state index contributed by atoms with van der Waals surface area (Å²) in [7, 11) is 0. The molecule has 18 heavy (non-hydrogen) atoms. The van der Waals surface area contributed by atoms with E-state index in [9.17, 15) is 4.39 Å². The molecular weight excluding hydrogens is 294 g/mol. The zero-order chi connectivity index (χ0) is 11.2. The Morgan fingerprint density at radius 2 is 1.72 bits per heavy atom. The maximum Gasteiger partial charge on any atom is 0.123 e. The van der Waals surface area contributed by atoms with Crippen LogP contribution in [-0.2, 0) is 0 Å². The number of benzene rings is 1. The van der Waals surface area contributed by atoms with E-state index in [2.05, 4.69) is 10.2 Å². The summed E-state index contributed by atoms with van der Waals surface area (Å²) in [6.45, 7) is 5.60. The molecule has 1 saturated heterocycles. The fraction of sp³-hybridized carbons (Fsp3) is 0.500. The van der Waals surface area contributed by atoms with Gasteiger partial charge in [0.25, 0.3) is 0 Å². The largest absolute Gasteiger partial charge is 0.314 e. The quantitative estimate of drug-likeness (QED) is 0.861. The zero-order valence-corrected chi connectivity index (χ0v) is 12.6. The van der Waals surface area contributed by atoms with Crippen molar-refractivity contribution in [2.24, 2.45) is 0 Å². The molecule has 1 aromatic carbocycles. The second kappa shape index (κ2) is 9.87. The highest BCUT2D eigenvalue weighted by atomic mass is 35.5. The highest BCUT2D eigenvalue weighted by Gasteiger charge is 2.08. The molecule has 0 spiro atoms. The Balaban J connectivity index is 0.00000144. The van der Waals surface area contributed by atoms with Crippen molar-refractivity contribution in [3.63, 3.8) is 0 Å². The van der Waals surface area contributed by atoms with Crippen molar-refractivity contribution in [1.82, 2.24) is 10.2 Å². The van der Waals surface area contributed by atoms with Gasteiger partial charge in [-0.1, -0.05) is 0 Å². The van der Waals surface area contributed by atoms with E-state index in [0.717, 1.165) is 43.4 Å². The Kier molecular flexibility index (Phi) is 9.87. The van der Waals surface area contributed by atoms with Gasteiger partial charge in [-0.25, -0.2) is 4.39 Å². The molecule has 1 aliphatic heterocycles. The predicted molar refractivity (Wildman–Crippen MR) is 80.9 cm³/mol. The summed E-state index contributed by atoms with van der Waals surface area (Å²) >= 11 is 1.79. The highest BCUT2D eigenvalue weighted by molar-refractivity contribution is 7.99. The first-order valence-electron chi connectivity index (χ1n) is 5.66. The number of halogens is 3. The zero-order valence-electron chi connectivity index (χ0n) is 10.1. The van der Waals surface area contributed by atoms with Gasteiger partial charge in [-0.05, 0) is 24.3 Å². The first kappa shape index (κ1) is 18.0. The van der Waals surface area contributed by atoms with Gasteiger partial charge in [0.2, 0.25) is 0 Å². The van der Waals surface area contributed by atoms with E-state index < -0.39 is 0 Å². The van der Waals surface area contributed by atoms with E-state index in [1.165, 1.54) is 12.1 Å². The lowest BCUT2D eigenvalue weighted by molar-refractivity contribution is 0.255. The van der Waals surface area contributed by atoms with Crippen molar-refractivity contribution in [2.45, 2.75) is 4.90 Å². The molecule has 0 radical (unpaired) electrons. The van der Waals surface area contributed by atoms with E-state index in [1.54, 1.807) is 11.8 Å². The third-order valence-electron chi connectivity index (χ3n) is 2.70. The number of nitrogens with zero attached hydrogens (tertiary/aromatic N) is 1. The van der Waals surface area contributed by atoms with Crippen molar-refractivity contribution >= 4 is 36.6 Å². The number of piperazine rings is 1. The van der Waals surface area contributed by atoms with Crippen LogP contribution >= 0.6 is 36.6 Å². The normalized spacial score (nSPS) is 15.6. The number of rotatable bonds is 4. The monoisotopic (exact) mass is 312 g/mol. The van der Waals surface area contributed by atoms with E-state index in [4.69, 9.17) is 0 Å². The Bertz CT molecular complexity index is 318. The molecule has 1 N–H and O–H groups in total. The Morgan fingerprint density at radius 3 is 2.33 bits per heavy atom. The summed E-state index contributed by atoms with van der Waals surface area (Å²) in [6, 6.07) is 6.73. The molecule has 0 atom stereocenters. The van der Waals surface area contributed by atoms with E-state index in [-0.39, 0.29) is 30.6 Å². The first-order chi connectivity index (χ1) is 7.84. The van der Waals surface area contributed by atoms with Gasteiger partial charge >= 0.3 is 0 Å². The van der Waals surface area contributed by atoms with Gasteiger partial charge in [0, 0.05) is 43.4 Å². The number of thioether (sulfide) groups is 1. The second-order valence-electron chi connectivity index (χ2n) is 3.89. The van der Waals surface area contributed by atoms with Gasteiger partial charge in [-0.2, -0.15) is 0 Å². The van der Waals surface area contributed by atoms with Crippen LogP contribution in [0.3, 0.4) is 0 Å². The van der Waals surface area contributed by atoms with Crippen LogP contribution in [0.25, 0.3) is 0 Å². The van der Waals surface area contributed by atoms with Crippen LogP contribution in [0, 0.1) is 5.82 Å². The average molecular weight is 313 g/mol. The number of nitrogens with one attached hydrogen (secondary N) is 1. The minimum Gasteiger partial charge on any atom is -0.314 e. The van der Waals surface area contributed by atoms with Gasteiger partial charge in [-0.15, -0.1) is 36.6 Å².